The van der Waals surface area contributed by atoms with Crippen LogP contribution in [0.3, 0.4) is 0 Å². The summed E-state index contributed by atoms with van der Waals surface area (Å²) in [5, 5.41) is 13.6. The second kappa shape index (κ2) is 15.5. The van der Waals surface area contributed by atoms with E-state index < -0.39 is 0 Å². The molecule has 2 atom stereocenters. The van der Waals surface area contributed by atoms with E-state index in [1.807, 2.05) is 36.6 Å². The maximum Gasteiger partial charge on any atom is 0.254 e. The molecule has 0 saturated carbocycles. The molecule has 0 spiro atoms. The van der Waals surface area contributed by atoms with Crippen LogP contribution in [0.5, 0.6) is 0 Å². The SMILES string of the molecule is CC[C@H](C)[C@@H](CN(Cc1cccc(Cl)c1Cl)C(=O)c1ccc(Cl)c(Cl)c1)NC(=O)Cc1cncn1Cc1ccc(C#N)cc1. The van der Waals surface area contributed by atoms with Crippen molar-refractivity contribution in [1.29, 1.82) is 5.26 Å². The van der Waals surface area contributed by atoms with Gasteiger partial charge in [0.15, 0.2) is 0 Å². The molecule has 3 aromatic carbocycles. The molecule has 44 heavy (non-hydrogen) atoms. The number of benzene rings is 3. The lowest BCUT2D eigenvalue weighted by atomic mass is 9.97. The number of hydrogen-bond donors (Lipinski definition) is 1. The average molecular weight is 671 g/mol. The summed E-state index contributed by atoms with van der Waals surface area (Å²) in [4.78, 5) is 33.2. The third-order valence-corrected chi connectivity index (χ3v) is 9.11. The van der Waals surface area contributed by atoms with Crippen LogP contribution in [0.25, 0.3) is 0 Å². The lowest BCUT2D eigenvalue weighted by Crippen LogP contribution is -2.49. The summed E-state index contributed by atoms with van der Waals surface area (Å²) < 4.78 is 1.90. The normalized spacial score (nSPS) is 12.3. The minimum Gasteiger partial charge on any atom is -0.351 e. The molecule has 0 radical (unpaired) electrons. The number of imidazole rings is 1. The molecule has 4 aromatic rings. The molecule has 7 nitrogen and oxygen atoms in total. The Kier molecular flexibility index (Phi) is 11.7. The number of nitrogens with zero attached hydrogens (tertiary/aromatic N) is 4. The predicted octanol–water partition coefficient (Wildman–Crippen LogP) is 7.83. The standard InChI is InChI=1S/C33H31Cl4N5O2/c1-3-21(2)30(40-31(43)14-26-16-39-20-42(26)17-23-9-7-22(15-38)8-10-23)19-41(18-25-5-4-6-28(35)32(25)37)33(44)24-11-12-27(34)29(36)13-24/h4-13,16,20-21,30H,3,14,17-19H2,1-2H3,(H,40,43)/t21-,30+/m0/s1. The fourth-order valence-electron chi connectivity index (χ4n) is 4.74. The number of aromatic nitrogens is 2. The summed E-state index contributed by atoms with van der Waals surface area (Å²) in [5.41, 5.74) is 3.34. The fourth-order valence-corrected chi connectivity index (χ4v) is 5.42. The quantitative estimate of drug-likeness (QED) is 0.166. The van der Waals surface area contributed by atoms with Crippen LogP contribution >= 0.6 is 46.4 Å². The van der Waals surface area contributed by atoms with Gasteiger partial charge >= 0.3 is 0 Å². The van der Waals surface area contributed by atoms with Crippen LogP contribution < -0.4 is 5.32 Å². The number of amides is 2. The van der Waals surface area contributed by atoms with Crippen molar-refractivity contribution >= 4 is 58.2 Å². The molecule has 0 fully saturated rings. The van der Waals surface area contributed by atoms with Crippen molar-refractivity contribution in [1.82, 2.24) is 19.8 Å². The molecule has 0 bridgehead atoms. The molecule has 0 aliphatic heterocycles. The summed E-state index contributed by atoms with van der Waals surface area (Å²) in [5.74, 6) is -0.441. The van der Waals surface area contributed by atoms with Crippen molar-refractivity contribution in [2.75, 3.05) is 6.54 Å². The Balaban J connectivity index is 1.55. The third-order valence-electron chi connectivity index (χ3n) is 7.52. The Morgan fingerprint density at radius 3 is 2.45 bits per heavy atom. The summed E-state index contributed by atoms with van der Waals surface area (Å²) >= 11 is 25.1. The van der Waals surface area contributed by atoms with Crippen LogP contribution in [0.15, 0.2) is 73.2 Å². The van der Waals surface area contributed by atoms with E-state index in [4.69, 9.17) is 51.7 Å². The van der Waals surface area contributed by atoms with Gasteiger partial charge in [0.2, 0.25) is 5.91 Å². The molecule has 0 saturated heterocycles. The molecule has 0 unspecified atom stereocenters. The van der Waals surface area contributed by atoms with Gasteiger partial charge in [0.05, 0.1) is 44.5 Å². The molecule has 11 heteroatoms. The number of carbonyl (C=O) groups excluding carboxylic acids is 2. The smallest absolute Gasteiger partial charge is 0.254 e. The first-order valence-corrected chi connectivity index (χ1v) is 15.5. The van der Waals surface area contributed by atoms with E-state index in [1.165, 1.54) is 6.07 Å². The number of nitrogens with one attached hydrogen (secondary N) is 1. The lowest BCUT2D eigenvalue weighted by molar-refractivity contribution is -0.121. The Hall–Kier alpha value is -3.54. The van der Waals surface area contributed by atoms with Crippen LogP contribution in [0.1, 0.15) is 53.0 Å². The van der Waals surface area contributed by atoms with E-state index in [9.17, 15) is 9.59 Å². The van der Waals surface area contributed by atoms with Crippen molar-refractivity contribution in [2.45, 2.75) is 45.8 Å². The summed E-state index contributed by atoms with van der Waals surface area (Å²) in [7, 11) is 0. The van der Waals surface area contributed by atoms with Crippen molar-refractivity contribution in [3.63, 3.8) is 0 Å². The summed E-state index contributed by atoms with van der Waals surface area (Å²) in [6, 6.07) is 19.0. The van der Waals surface area contributed by atoms with Crippen LogP contribution in [0, 0.1) is 17.2 Å². The van der Waals surface area contributed by atoms with E-state index in [0.717, 1.165) is 17.7 Å². The second-order valence-corrected chi connectivity index (χ2v) is 12.2. The molecular formula is C33H31Cl4N5O2. The highest BCUT2D eigenvalue weighted by atomic mass is 35.5. The molecule has 1 heterocycles. The van der Waals surface area contributed by atoms with Gasteiger partial charge in [-0.2, -0.15) is 5.26 Å². The van der Waals surface area contributed by atoms with Gasteiger partial charge in [-0.05, 0) is 53.4 Å². The molecule has 2 amide bonds. The minimum absolute atomic E-state index is 0.0430. The van der Waals surface area contributed by atoms with Gasteiger partial charge in [-0.3, -0.25) is 9.59 Å². The highest BCUT2D eigenvalue weighted by Gasteiger charge is 2.27. The third kappa shape index (κ3) is 8.55. The zero-order chi connectivity index (χ0) is 31.8. The zero-order valence-electron chi connectivity index (χ0n) is 24.2. The molecule has 1 N–H and O–H groups in total. The maximum atomic E-state index is 13.9. The Bertz CT molecular complexity index is 1670. The number of rotatable bonds is 12. The minimum atomic E-state index is -0.368. The van der Waals surface area contributed by atoms with Crippen molar-refractivity contribution in [3.05, 3.63) is 121 Å². The Labute approximate surface area is 277 Å². The van der Waals surface area contributed by atoms with E-state index in [0.29, 0.717) is 38.3 Å². The fraction of sp³-hybridized carbons (Fsp3) is 0.273. The highest BCUT2D eigenvalue weighted by molar-refractivity contribution is 6.42. The molecule has 0 aliphatic carbocycles. The summed E-state index contributed by atoms with van der Waals surface area (Å²) in [6.45, 7) is 4.96. The molecular weight excluding hydrogens is 640 g/mol. The lowest BCUT2D eigenvalue weighted by Gasteiger charge is -2.32. The highest BCUT2D eigenvalue weighted by Crippen LogP contribution is 2.28. The first-order chi connectivity index (χ1) is 21.1. The number of nitriles is 1. The largest absolute Gasteiger partial charge is 0.351 e. The van der Waals surface area contributed by atoms with Crippen molar-refractivity contribution in [2.24, 2.45) is 5.92 Å². The van der Waals surface area contributed by atoms with Gasteiger partial charge in [-0.1, -0.05) is 90.9 Å². The van der Waals surface area contributed by atoms with Crippen LogP contribution in [0.2, 0.25) is 20.1 Å². The molecule has 4 rings (SSSR count). The van der Waals surface area contributed by atoms with Crippen molar-refractivity contribution < 1.29 is 9.59 Å². The summed E-state index contributed by atoms with van der Waals surface area (Å²) in [6.07, 6.45) is 4.22. The maximum absolute atomic E-state index is 13.9. The van der Waals surface area contributed by atoms with Crippen LogP contribution in [-0.2, 0) is 24.3 Å². The predicted molar refractivity (Wildman–Crippen MR) is 175 cm³/mol. The van der Waals surface area contributed by atoms with Gasteiger partial charge < -0.3 is 14.8 Å². The number of carbonyl (C=O) groups is 2. The molecule has 228 valence electrons. The molecule has 0 aliphatic rings. The first-order valence-electron chi connectivity index (χ1n) is 14.0. The van der Waals surface area contributed by atoms with Gasteiger partial charge in [-0.25, -0.2) is 4.98 Å². The number of hydrogen-bond acceptors (Lipinski definition) is 4. The zero-order valence-corrected chi connectivity index (χ0v) is 27.3. The van der Waals surface area contributed by atoms with Crippen LogP contribution in [-0.4, -0.2) is 38.9 Å². The second-order valence-electron chi connectivity index (χ2n) is 10.6. The van der Waals surface area contributed by atoms with E-state index in [1.54, 1.807) is 53.8 Å². The Morgan fingerprint density at radius 2 is 1.77 bits per heavy atom. The van der Waals surface area contributed by atoms with E-state index in [2.05, 4.69) is 16.4 Å². The van der Waals surface area contributed by atoms with Crippen molar-refractivity contribution in [3.8, 4) is 6.07 Å². The van der Waals surface area contributed by atoms with Gasteiger partial charge in [-0.15, -0.1) is 0 Å². The topological polar surface area (TPSA) is 91.0 Å². The van der Waals surface area contributed by atoms with Gasteiger partial charge in [0.1, 0.15) is 0 Å². The van der Waals surface area contributed by atoms with Gasteiger partial charge in [0, 0.05) is 43.1 Å². The molecule has 1 aromatic heterocycles. The monoisotopic (exact) mass is 669 g/mol. The van der Waals surface area contributed by atoms with Gasteiger partial charge in [0.25, 0.3) is 5.91 Å². The Morgan fingerprint density at radius 1 is 1.02 bits per heavy atom. The first kappa shape index (κ1) is 33.4. The number of halogens is 4. The van der Waals surface area contributed by atoms with E-state index >= 15 is 0 Å². The van der Waals surface area contributed by atoms with Crippen LogP contribution in [0.4, 0.5) is 0 Å². The van der Waals surface area contributed by atoms with E-state index in [-0.39, 0.29) is 48.3 Å². The average Bonchev–Trinajstić information content (AvgIpc) is 3.45.